The van der Waals surface area contributed by atoms with Crippen molar-refractivity contribution in [2.75, 3.05) is 38.7 Å². The monoisotopic (exact) mass is 485 g/mol. The first-order valence-electron chi connectivity index (χ1n) is 11.5. The van der Waals surface area contributed by atoms with Crippen molar-refractivity contribution in [2.45, 2.75) is 31.9 Å². The van der Waals surface area contributed by atoms with Gasteiger partial charge >= 0.3 is 6.18 Å². The van der Waals surface area contributed by atoms with E-state index >= 15 is 0 Å². The van der Waals surface area contributed by atoms with Gasteiger partial charge in [-0.15, -0.1) is 0 Å². The number of nitrogens with one attached hydrogen (secondary N) is 1. The van der Waals surface area contributed by atoms with Crippen LogP contribution in [0.25, 0.3) is 10.9 Å². The first kappa shape index (κ1) is 24.5. The van der Waals surface area contributed by atoms with E-state index in [2.05, 4.69) is 20.2 Å². The number of hydrogen-bond donors (Lipinski definition) is 1. The number of fused-ring (bicyclic) bond motifs is 1. The Balaban J connectivity index is 1.55. The Morgan fingerprint density at radius 2 is 1.89 bits per heavy atom. The van der Waals surface area contributed by atoms with Gasteiger partial charge in [0.05, 0.1) is 42.1 Å². The van der Waals surface area contributed by atoms with Gasteiger partial charge in [0.1, 0.15) is 12.1 Å². The molecule has 1 aliphatic rings. The van der Waals surface area contributed by atoms with Crippen LogP contribution in [0.3, 0.4) is 0 Å². The van der Waals surface area contributed by atoms with Crippen molar-refractivity contribution in [3.05, 3.63) is 47.8 Å². The summed E-state index contributed by atoms with van der Waals surface area (Å²) in [5, 5.41) is 12.2. The third-order valence-electron chi connectivity index (χ3n) is 5.95. The van der Waals surface area contributed by atoms with Gasteiger partial charge in [0, 0.05) is 18.0 Å². The molecule has 1 aromatic heterocycles. The first-order chi connectivity index (χ1) is 16.9. The topological polar surface area (TPSA) is 83.3 Å². The molecule has 1 fully saturated rings. The van der Waals surface area contributed by atoms with E-state index in [1.165, 1.54) is 44.8 Å². The highest BCUT2D eigenvalue weighted by Crippen LogP contribution is 2.39. The van der Waals surface area contributed by atoms with Crippen molar-refractivity contribution < 1.29 is 22.6 Å². The fourth-order valence-electron chi connectivity index (χ4n) is 4.17. The lowest BCUT2D eigenvalue weighted by Crippen LogP contribution is -2.31. The van der Waals surface area contributed by atoms with Crippen LogP contribution in [0.1, 0.15) is 36.8 Å². The van der Waals surface area contributed by atoms with E-state index in [0.29, 0.717) is 29.0 Å². The van der Waals surface area contributed by atoms with Gasteiger partial charge in [-0.25, -0.2) is 9.97 Å². The number of hydrogen-bond acceptors (Lipinski definition) is 7. The summed E-state index contributed by atoms with van der Waals surface area (Å²) in [5.41, 5.74) is -0.756. The molecular weight excluding hydrogens is 459 g/mol. The molecule has 0 bridgehead atoms. The average Bonchev–Trinajstić information content (AvgIpc) is 2.86. The maximum atomic E-state index is 13.6. The number of benzene rings is 2. The molecule has 2 aromatic carbocycles. The lowest BCUT2D eigenvalue weighted by Gasteiger charge is -2.26. The molecule has 4 rings (SSSR count). The zero-order chi connectivity index (χ0) is 24.8. The Morgan fingerprint density at radius 3 is 2.60 bits per heavy atom. The number of halogens is 3. The van der Waals surface area contributed by atoms with E-state index in [1.807, 2.05) is 0 Å². The highest BCUT2D eigenvalue weighted by atomic mass is 19.4. The number of alkyl halides is 3. The predicted molar refractivity (Wildman–Crippen MR) is 126 cm³/mol. The molecule has 35 heavy (non-hydrogen) atoms. The van der Waals surface area contributed by atoms with Crippen molar-refractivity contribution >= 4 is 22.4 Å². The third kappa shape index (κ3) is 5.92. The molecule has 0 unspecified atom stereocenters. The Hall–Kier alpha value is -3.58. The van der Waals surface area contributed by atoms with Crippen LogP contribution in [0.4, 0.5) is 24.7 Å². The number of methoxy groups -OCH3 is 1. The van der Waals surface area contributed by atoms with E-state index in [1.54, 1.807) is 18.2 Å². The third-order valence-corrected chi connectivity index (χ3v) is 5.95. The zero-order valence-electron chi connectivity index (χ0n) is 19.4. The smallest absolute Gasteiger partial charge is 0.418 e. The van der Waals surface area contributed by atoms with Crippen LogP contribution >= 0.6 is 0 Å². The quantitative estimate of drug-likeness (QED) is 0.420. The van der Waals surface area contributed by atoms with E-state index in [9.17, 15) is 13.2 Å². The number of nitrogens with zero attached hydrogens (tertiary/aromatic N) is 4. The molecule has 0 spiro atoms. The van der Waals surface area contributed by atoms with Gasteiger partial charge in [0.25, 0.3) is 0 Å². The second-order valence-corrected chi connectivity index (χ2v) is 8.34. The highest BCUT2D eigenvalue weighted by molar-refractivity contribution is 5.93. The number of ether oxygens (including phenoxy) is 2. The summed E-state index contributed by atoms with van der Waals surface area (Å²) in [6, 6.07) is 8.42. The van der Waals surface area contributed by atoms with Crippen LogP contribution < -0.4 is 14.8 Å². The second-order valence-electron chi connectivity index (χ2n) is 8.34. The number of nitriles is 1. The standard InChI is InChI=1S/C25H26F3N5O2/c1-34-22-13-18-21(14-23(22)35-11-5-10-33-8-3-2-4-9-33)30-16-31-24(18)32-20-7-6-17(15-29)12-19(20)25(26,27)28/h6-7,12-14,16H,2-5,8-11H2,1H3,(H,30,31,32). The summed E-state index contributed by atoms with van der Waals surface area (Å²) >= 11 is 0. The number of likely N-dealkylation sites (tertiary alicyclic amines) is 1. The van der Waals surface area contributed by atoms with E-state index in [0.717, 1.165) is 32.1 Å². The van der Waals surface area contributed by atoms with Crippen LogP contribution in [0, 0.1) is 11.3 Å². The minimum Gasteiger partial charge on any atom is -0.493 e. The number of piperidine rings is 1. The van der Waals surface area contributed by atoms with Gasteiger partial charge in [0.2, 0.25) is 0 Å². The van der Waals surface area contributed by atoms with Crippen molar-refractivity contribution in [3.63, 3.8) is 0 Å². The molecule has 7 nitrogen and oxygen atoms in total. The summed E-state index contributed by atoms with van der Waals surface area (Å²) in [4.78, 5) is 10.8. The number of rotatable bonds is 8. The fraction of sp³-hybridized carbons (Fsp3) is 0.400. The summed E-state index contributed by atoms with van der Waals surface area (Å²) in [7, 11) is 1.50. The molecule has 3 aromatic rings. The van der Waals surface area contributed by atoms with Gasteiger partial charge in [-0.3, -0.25) is 0 Å². The van der Waals surface area contributed by atoms with E-state index in [-0.39, 0.29) is 17.1 Å². The van der Waals surface area contributed by atoms with Gasteiger partial charge in [-0.2, -0.15) is 18.4 Å². The Labute approximate surface area is 201 Å². The molecule has 1 aliphatic heterocycles. The highest BCUT2D eigenvalue weighted by Gasteiger charge is 2.34. The van der Waals surface area contributed by atoms with E-state index < -0.39 is 11.7 Å². The molecule has 0 aliphatic carbocycles. The molecule has 2 heterocycles. The normalized spacial score (nSPS) is 14.5. The lowest BCUT2D eigenvalue weighted by atomic mass is 10.1. The predicted octanol–water partition coefficient (Wildman–Crippen LogP) is 5.53. The van der Waals surface area contributed by atoms with E-state index in [4.69, 9.17) is 14.7 Å². The summed E-state index contributed by atoms with van der Waals surface area (Å²) < 4.78 is 52.2. The maximum Gasteiger partial charge on any atom is 0.418 e. The zero-order valence-corrected chi connectivity index (χ0v) is 19.4. The molecule has 0 saturated carbocycles. The lowest BCUT2D eigenvalue weighted by molar-refractivity contribution is -0.136. The van der Waals surface area contributed by atoms with Gasteiger partial charge < -0.3 is 19.7 Å². The van der Waals surface area contributed by atoms with Crippen molar-refractivity contribution in [3.8, 4) is 17.6 Å². The van der Waals surface area contributed by atoms with Crippen molar-refractivity contribution in [1.29, 1.82) is 5.26 Å². The van der Waals surface area contributed by atoms with Crippen LogP contribution in [-0.4, -0.2) is 48.2 Å². The summed E-state index contributed by atoms with van der Waals surface area (Å²) in [6.07, 6.45) is 1.27. The SMILES string of the molecule is COc1cc2c(Nc3ccc(C#N)cc3C(F)(F)F)ncnc2cc1OCCCN1CCCCC1. The summed E-state index contributed by atoms with van der Waals surface area (Å²) in [6.45, 7) is 3.73. The van der Waals surface area contributed by atoms with Crippen LogP contribution in [0.15, 0.2) is 36.7 Å². The molecule has 1 N–H and O–H groups in total. The van der Waals surface area contributed by atoms with Crippen molar-refractivity contribution in [2.24, 2.45) is 0 Å². The molecule has 0 radical (unpaired) electrons. The molecule has 0 atom stereocenters. The Morgan fingerprint density at radius 1 is 1.09 bits per heavy atom. The molecule has 0 amide bonds. The van der Waals surface area contributed by atoms with Gasteiger partial charge in [0.15, 0.2) is 11.5 Å². The Kier molecular flexibility index (Phi) is 7.56. The van der Waals surface area contributed by atoms with Gasteiger partial charge in [-0.05, 0) is 56.6 Å². The molecule has 184 valence electrons. The largest absolute Gasteiger partial charge is 0.493 e. The number of anilines is 2. The minimum absolute atomic E-state index is 0.0841. The fourth-order valence-corrected chi connectivity index (χ4v) is 4.17. The molecule has 10 heteroatoms. The molecular formula is C25H26F3N5O2. The van der Waals surface area contributed by atoms with Crippen LogP contribution in [0.2, 0.25) is 0 Å². The molecule has 1 saturated heterocycles. The average molecular weight is 486 g/mol. The Bertz CT molecular complexity index is 1220. The first-order valence-corrected chi connectivity index (χ1v) is 11.5. The van der Waals surface area contributed by atoms with Crippen LogP contribution in [0.5, 0.6) is 11.5 Å². The van der Waals surface area contributed by atoms with Gasteiger partial charge in [-0.1, -0.05) is 6.42 Å². The van der Waals surface area contributed by atoms with Crippen LogP contribution in [-0.2, 0) is 6.18 Å². The number of aromatic nitrogens is 2. The minimum atomic E-state index is -4.65. The summed E-state index contributed by atoms with van der Waals surface area (Å²) in [5.74, 6) is 1.13. The maximum absolute atomic E-state index is 13.6. The van der Waals surface area contributed by atoms with Crippen molar-refractivity contribution in [1.82, 2.24) is 14.9 Å². The second kappa shape index (κ2) is 10.8.